The molecule has 0 amide bonds. The third-order valence-corrected chi connectivity index (χ3v) is 6.67. The minimum Gasteiger partial charge on any atom is -0.481 e. The van der Waals surface area contributed by atoms with Gasteiger partial charge in [-0.15, -0.1) is 0 Å². The van der Waals surface area contributed by atoms with Crippen LogP contribution in [0, 0.1) is 17.3 Å². The normalized spacial score (nSPS) is 29.4. The molecule has 29 heavy (non-hydrogen) atoms. The van der Waals surface area contributed by atoms with Gasteiger partial charge in [-0.2, -0.15) is 0 Å². The number of aliphatic hydroxyl groups excluding tert-OH is 1. The SMILES string of the molecule is CCC(C)(C)C(=O)O.CCC1C(C)C=CC2=CCCCC21N.OC1CCOCC1. The quantitative estimate of drug-likeness (QED) is 0.629. The van der Waals surface area contributed by atoms with Crippen molar-refractivity contribution in [2.75, 3.05) is 13.2 Å². The van der Waals surface area contributed by atoms with Crippen molar-refractivity contribution in [3.8, 4) is 0 Å². The van der Waals surface area contributed by atoms with Crippen molar-refractivity contribution in [2.45, 2.75) is 91.2 Å². The number of carboxylic acid groups (broad SMARTS) is 1. The van der Waals surface area contributed by atoms with Gasteiger partial charge in [0.15, 0.2) is 0 Å². The van der Waals surface area contributed by atoms with Gasteiger partial charge in [-0.05, 0) is 69.8 Å². The molecule has 1 saturated heterocycles. The molecule has 1 heterocycles. The zero-order chi connectivity index (χ0) is 22.1. The molecule has 0 saturated carbocycles. The molecule has 0 bridgehead atoms. The highest BCUT2D eigenvalue weighted by atomic mass is 16.5. The molecule has 3 atom stereocenters. The lowest BCUT2D eigenvalue weighted by Crippen LogP contribution is -2.53. The molecule has 0 aromatic heterocycles. The fraction of sp³-hybridized carbons (Fsp3) is 0.792. The monoisotopic (exact) mass is 409 g/mol. The maximum absolute atomic E-state index is 10.3. The lowest BCUT2D eigenvalue weighted by molar-refractivity contribution is -0.147. The Morgan fingerprint density at radius 1 is 1.31 bits per heavy atom. The number of allylic oxidation sites excluding steroid dienone is 2. The Kier molecular flexibility index (Phi) is 10.6. The Bertz CT molecular complexity index is 563. The predicted octanol–water partition coefficient (Wildman–Crippen LogP) is 4.69. The molecule has 3 aliphatic rings. The molecule has 3 unspecified atom stereocenters. The van der Waals surface area contributed by atoms with Crippen molar-refractivity contribution in [1.29, 1.82) is 0 Å². The van der Waals surface area contributed by atoms with Crippen molar-refractivity contribution in [3.05, 3.63) is 23.8 Å². The molecule has 2 aliphatic carbocycles. The van der Waals surface area contributed by atoms with E-state index in [4.69, 9.17) is 20.7 Å². The van der Waals surface area contributed by atoms with E-state index in [9.17, 15) is 4.79 Å². The van der Waals surface area contributed by atoms with Crippen LogP contribution in [0.5, 0.6) is 0 Å². The van der Waals surface area contributed by atoms with Crippen molar-refractivity contribution < 1.29 is 19.7 Å². The van der Waals surface area contributed by atoms with Crippen molar-refractivity contribution >= 4 is 5.97 Å². The molecule has 1 fully saturated rings. The molecule has 0 radical (unpaired) electrons. The number of aliphatic carboxylic acids is 1. The second kappa shape index (κ2) is 11.9. The highest BCUT2D eigenvalue weighted by molar-refractivity contribution is 5.73. The topological polar surface area (TPSA) is 92.8 Å². The van der Waals surface area contributed by atoms with E-state index in [1.807, 2.05) is 6.92 Å². The minimum atomic E-state index is -0.722. The summed E-state index contributed by atoms with van der Waals surface area (Å²) >= 11 is 0. The lowest BCUT2D eigenvalue weighted by atomic mass is 9.63. The van der Waals surface area contributed by atoms with Gasteiger partial charge >= 0.3 is 5.97 Å². The third kappa shape index (κ3) is 7.54. The van der Waals surface area contributed by atoms with Crippen LogP contribution in [-0.4, -0.2) is 41.0 Å². The molecule has 0 aromatic carbocycles. The number of ether oxygens (including phenoxy) is 1. The molecule has 3 rings (SSSR count). The molecule has 1 aliphatic heterocycles. The number of aliphatic hydroxyl groups is 1. The van der Waals surface area contributed by atoms with Gasteiger partial charge in [-0.3, -0.25) is 4.79 Å². The summed E-state index contributed by atoms with van der Waals surface area (Å²) in [6.07, 6.45) is 14.0. The van der Waals surface area contributed by atoms with Gasteiger partial charge in [0.25, 0.3) is 0 Å². The number of carbonyl (C=O) groups is 1. The van der Waals surface area contributed by atoms with E-state index >= 15 is 0 Å². The number of carboxylic acids is 1. The Labute approximate surface area is 177 Å². The Balaban J connectivity index is 0.000000239. The largest absolute Gasteiger partial charge is 0.481 e. The van der Waals surface area contributed by atoms with Gasteiger partial charge in [0.1, 0.15) is 0 Å². The van der Waals surface area contributed by atoms with E-state index in [0.29, 0.717) is 18.3 Å². The smallest absolute Gasteiger partial charge is 0.309 e. The summed E-state index contributed by atoms with van der Waals surface area (Å²) in [5.74, 6) is 0.555. The van der Waals surface area contributed by atoms with Crippen LogP contribution < -0.4 is 5.73 Å². The Hall–Kier alpha value is -1.17. The first-order valence-corrected chi connectivity index (χ1v) is 11.2. The fourth-order valence-corrected chi connectivity index (χ4v) is 4.04. The maximum atomic E-state index is 10.3. The molecule has 0 spiro atoms. The Morgan fingerprint density at radius 2 is 1.93 bits per heavy atom. The first-order valence-electron chi connectivity index (χ1n) is 11.2. The van der Waals surface area contributed by atoms with Crippen LogP contribution in [0.3, 0.4) is 0 Å². The molecule has 5 heteroatoms. The summed E-state index contributed by atoms with van der Waals surface area (Å²) in [6, 6.07) is 0. The van der Waals surface area contributed by atoms with E-state index in [0.717, 1.165) is 26.1 Å². The second-order valence-corrected chi connectivity index (χ2v) is 9.21. The number of fused-ring (bicyclic) bond motifs is 1. The van der Waals surface area contributed by atoms with Gasteiger partial charge < -0.3 is 20.7 Å². The van der Waals surface area contributed by atoms with Crippen LogP contribution in [0.2, 0.25) is 0 Å². The molecular weight excluding hydrogens is 366 g/mol. The number of nitrogens with two attached hydrogens (primary N) is 1. The number of rotatable bonds is 3. The van der Waals surface area contributed by atoms with E-state index < -0.39 is 11.4 Å². The van der Waals surface area contributed by atoms with Crippen LogP contribution in [0.4, 0.5) is 0 Å². The zero-order valence-corrected chi connectivity index (χ0v) is 19.1. The molecule has 5 nitrogen and oxygen atoms in total. The molecule has 4 N–H and O–H groups in total. The first-order chi connectivity index (χ1) is 13.6. The third-order valence-electron chi connectivity index (χ3n) is 6.67. The summed E-state index contributed by atoms with van der Waals surface area (Å²) < 4.78 is 4.98. The van der Waals surface area contributed by atoms with E-state index in [-0.39, 0.29) is 11.6 Å². The van der Waals surface area contributed by atoms with Crippen molar-refractivity contribution in [1.82, 2.24) is 0 Å². The summed E-state index contributed by atoms with van der Waals surface area (Å²) in [5, 5.41) is 17.3. The van der Waals surface area contributed by atoms with E-state index in [1.54, 1.807) is 13.8 Å². The highest BCUT2D eigenvalue weighted by Gasteiger charge is 2.41. The second-order valence-electron chi connectivity index (χ2n) is 9.21. The summed E-state index contributed by atoms with van der Waals surface area (Å²) in [4.78, 5) is 10.3. The Morgan fingerprint density at radius 3 is 2.34 bits per heavy atom. The van der Waals surface area contributed by atoms with Gasteiger partial charge in [0.05, 0.1) is 11.5 Å². The van der Waals surface area contributed by atoms with E-state index in [2.05, 4.69) is 32.1 Å². The van der Waals surface area contributed by atoms with Crippen molar-refractivity contribution in [3.63, 3.8) is 0 Å². The average Bonchev–Trinajstić information content (AvgIpc) is 2.69. The van der Waals surface area contributed by atoms with Crippen molar-refractivity contribution in [2.24, 2.45) is 23.0 Å². The van der Waals surface area contributed by atoms with Gasteiger partial charge in [-0.25, -0.2) is 0 Å². The average molecular weight is 410 g/mol. The molecule has 168 valence electrons. The van der Waals surface area contributed by atoms with Gasteiger partial charge in [0, 0.05) is 18.8 Å². The lowest BCUT2D eigenvalue weighted by Gasteiger charge is -2.45. The first kappa shape index (κ1) is 25.9. The number of hydrogen-bond donors (Lipinski definition) is 3. The number of hydrogen-bond acceptors (Lipinski definition) is 4. The van der Waals surface area contributed by atoms with E-state index in [1.165, 1.54) is 31.3 Å². The maximum Gasteiger partial charge on any atom is 0.309 e. The summed E-state index contributed by atoms with van der Waals surface area (Å²) in [5.41, 5.74) is 7.43. The predicted molar refractivity (Wildman–Crippen MR) is 119 cm³/mol. The minimum absolute atomic E-state index is 0.0127. The zero-order valence-electron chi connectivity index (χ0n) is 19.1. The van der Waals surface area contributed by atoms with Crippen LogP contribution in [0.15, 0.2) is 23.8 Å². The molecule has 0 aromatic rings. The summed E-state index contributed by atoms with van der Waals surface area (Å²) in [7, 11) is 0. The van der Waals surface area contributed by atoms with Crippen LogP contribution in [0.25, 0.3) is 0 Å². The fourth-order valence-electron chi connectivity index (χ4n) is 4.04. The summed E-state index contributed by atoms with van der Waals surface area (Å²) in [6.45, 7) is 11.3. The van der Waals surface area contributed by atoms with Crippen LogP contribution >= 0.6 is 0 Å². The van der Waals surface area contributed by atoms with Gasteiger partial charge in [-0.1, -0.05) is 45.4 Å². The van der Waals surface area contributed by atoms with Crippen LogP contribution in [-0.2, 0) is 9.53 Å². The molecular formula is C24H43NO4. The van der Waals surface area contributed by atoms with Gasteiger partial charge in [0.2, 0.25) is 0 Å². The van der Waals surface area contributed by atoms with Crippen LogP contribution in [0.1, 0.15) is 79.6 Å². The highest BCUT2D eigenvalue weighted by Crippen LogP contribution is 2.43. The standard InChI is InChI=1S/C13H21N.C6H12O2.C5H10O2/c1-3-12-10(2)7-8-11-6-4-5-9-13(11,12)14;1-4-6(2,3)5(7)8;6-5-1-3-7-4-2-5/h6-8,10,12H,3-5,9,14H2,1-2H3;4H2,1-3H3,(H,7,8);5-6H,1-4H2.